The van der Waals surface area contributed by atoms with Crippen molar-refractivity contribution in [1.29, 1.82) is 0 Å². The molecule has 1 aromatic rings. The second kappa shape index (κ2) is 6.31. The number of hydrogen-bond acceptors (Lipinski definition) is 2. The number of ether oxygens (including phenoxy) is 1. The molecule has 0 aliphatic heterocycles. The molecule has 0 aliphatic carbocycles. The van der Waals surface area contributed by atoms with Gasteiger partial charge in [0.05, 0.1) is 12.7 Å². The van der Waals surface area contributed by atoms with Crippen LogP contribution >= 0.6 is 11.8 Å². The molecule has 1 atom stereocenters. The van der Waals surface area contributed by atoms with Gasteiger partial charge in [0.2, 0.25) is 0 Å². The second-order valence-corrected chi connectivity index (χ2v) is 6.21. The summed E-state index contributed by atoms with van der Waals surface area (Å²) in [7, 11) is 0. The molecule has 0 aliphatic rings. The third-order valence-corrected chi connectivity index (χ3v) is 3.66. The summed E-state index contributed by atoms with van der Waals surface area (Å²) in [6.45, 7) is 9.59. The van der Waals surface area contributed by atoms with Gasteiger partial charge in [-0.05, 0) is 24.5 Å². The predicted molar refractivity (Wildman–Crippen MR) is 72.0 cm³/mol. The minimum atomic E-state index is 0.234. The van der Waals surface area contributed by atoms with Gasteiger partial charge in [-0.2, -0.15) is 0 Å². The maximum atomic E-state index is 5.81. The first kappa shape index (κ1) is 13.6. The molecular weight excluding hydrogens is 216 g/mol. The number of benzene rings is 1. The van der Waals surface area contributed by atoms with Crippen LogP contribution in [0.4, 0.5) is 0 Å². The van der Waals surface area contributed by atoms with Crippen LogP contribution in [0.15, 0.2) is 35.2 Å². The minimum Gasteiger partial charge on any atom is -0.377 e. The first-order valence-corrected chi connectivity index (χ1v) is 6.78. The molecule has 1 unspecified atom stereocenters. The Kier molecular flexibility index (Phi) is 5.36. The molecule has 0 bridgehead atoms. The highest BCUT2D eigenvalue weighted by atomic mass is 32.2. The molecule has 0 radical (unpaired) electrons. The van der Waals surface area contributed by atoms with E-state index in [1.807, 2.05) is 17.8 Å². The zero-order valence-electron chi connectivity index (χ0n) is 10.7. The van der Waals surface area contributed by atoms with Crippen LogP contribution in [-0.4, -0.2) is 18.5 Å². The average Bonchev–Trinajstić information content (AvgIpc) is 2.24. The topological polar surface area (TPSA) is 9.23 Å². The Morgan fingerprint density at radius 2 is 1.81 bits per heavy atom. The first-order chi connectivity index (χ1) is 7.50. The maximum absolute atomic E-state index is 5.81. The van der Waals surface area contributed by atoms with Crippen molar-refractivity contribution >= 4 is 11.8 Å². The summed E-state index contributed by atoms with van der Waals surface area (Å²) in [5.74, 6) is 1.02. The molecule has 1 rings (SSSR count). The van der Waals surface area contributed by atoms with E-state index in [9.17, 15) is 0 Å². The molecule has 0 saturated heterocycles. The summed E-state index contributed by atoms with van der Waals surface area (Å²) >= 11 is 1.85. The smallest absolute Gasteiger partial charge is 0.0595 e. The van der Waals surface area contributed by atoms with Crippen molar-refractivity contribution in [2.45, 2.75) is 38.7 Å². The lowest BCUT2D eigenvalue weighted by atomic mass is 9.90. The molecule has 1 aromatic carbocycles. The standard InChI is InChI=1S/C14H22OS/c1-12(14(2,3)4)15-10-11-16-13-8-6-5-7-9-13/h5-9,12H,10-11H2,1-4H3. The van der Waals surface area contributed by atoms with E-state index in [-0.39, 0.29) is 5.41 Å². The number of rotatable bonds is 5. The summed E-state index contributed by atoms with van der Waals surface area (Å²) in [5, 5.41) is 0. The van der Waals surface area contributed by atoms with E-state index < -0.39 is 0 Å². The Balaban J connectivity index is 2.18. The molecule has 0 saturated carbocycles. The highest BCUT2D eigenvalue weighted by molar-refractivity contribution is 7.99. The Labute approximate surface area is 104 Å². The zero-order valence-corrected chi connectivity index (χ0v) is 11.5. The van der Waals surface area contributed by atoms with E-state index >= 15 is 0 Å². The first-order valence-electron chi connectivity index (χ1n) is 5.79. The molecule has 0 N–H and O–H groups in total. The number of hydrogen-bond donors (Lipinski definition) is 0. The lowest BCUT2D eigenvalue weighted by Gasteiger charge is -2.27. The normalized spacial score (nSPS) is 13.8. The van der Waals surface area contributed by atoms with Crippen molar-refractivity contribution in [1.82, 2.24) is 0 Å². The minimum absolute atomic E-state index is 0.234. The van der Waals surface area contributed by atoms with Crippen molar-refractivity contribution < 1.29 is 4.74 Å². The van der Waals surface area contributed by atoms with Gasteiger partial charge in [-0.25, -0.2) is 0 Å². The molecule has 90 valence electrons. The van der Waals surface area contributed by atoms with Crippen LogP contribution < -0.4 is 0 Å². The van der Waals surface area contributed by atoms with Crippen LogP contribution in [0.3, 0.4) is 0 Å². The summed E-state index contributed by atoms with van der Waals surface area (Å²) in [6.07, 6.45) is 0.309. The molecule has 2 heteroatoms. The molecule has 16 heavy (non-hydrogen) atoms. The van der Waals surface area contributed by atoms with Crippen LogP contribution in [-0.2, 0) is 4.74 Å². The molecule has 0 heterocycles. The molecule has 1 nitrogen and oxygen atoms in total. The van der Waals surface area contributed by atoms with Crippen LogP contribution in [0.25, 0.3) is 0 Å². The van der Waals surface area contributed by atoms with Crippen molar-refractivity contribution in [3.63, 3.8) is 0 Å². The van der Waals surface area contributed by atoms with Crippen LogP contribution in [0.1, 0.15) is 27.7 Å². The van der Waals surface area contributed by atoms with E-state index in [1.165, 1.54) is 4.90 Å². The molecule has 0 amide bonds. The van der Waals surface area contributed by atoms with Crippen molar-refractivity contribution in [3.8, 4) is 0 Å². The van der Waals surface area contributed by atoms with Gasteiger partial charge in [0.15, 0.2) is 0 Å². The van der Waals surface area contributed by atoms with Crippen molar-refractivity contribution in [3.05, 3.63) is 30.3 Å². The van der Waals surface area contributed by atoms with Crippen molar-refractivity contribution in [2.24, 2.45) is 5.41 Å². The summed E-state index contributed by atoms with van der Waals surface area (Å²) in [6, 6.07) is 10.5. The van der Waals surface area contributed by atoms with E-state index in [4.69, 9.17) is 4.74 Å². The third kappa shape index (κ3) is 5.04. The molecular formula is C14H22OS. The Morgan fingerprint density at radius 1 is 1.19 bits per heavy atom. The lowest BCUT2D eigenvalue weighted by Crippen LogP contribution is -2.26. The average molecular weight is 238 g/mol. The Morgan fingerprint density at radius 3 is 2.38 bits per heavy atom. The molecule has 0 spiro atoms. The van der Waals surface area contributed by atoms with Gasteiger partial charge in [0.25, 0.3) is 0 Å². The largest absolute Gasteiger partial charge is 0.377 e. The van der Waals surface area contributed by atoms with E-state index in [2.05, 4.69) is 52.0 Å². The lowest BCUT2D eigenvalue weighted by molar-refractivity contribution is 0.00365. The third-order valence-electron chi connectivity index (χ3n) is 2.68. The van der Waals surface area contributed by atoms with Gasteiger partial charge in [0, 0.05) is 10.6 Å². The van der Waals surface area contributed by atoms with Crippen LogP contribution in [0.2, 0.25) is 0 Å². The molecule has 0 aromatic heterocycles. The van der Waals surface area contributed by atoms with Gasteiger partial charge in [-0.1, -0.05) is 39.0 Å². The summed E-state index contributed by atoms with van der Waals surface area (Å²) < 4.78 is 5.81. The fourth-order valence-electron chi connectivity index (χ4n) is 1.15. The predicted octanol–water partition coefficient (Wildman–Crippen LogP) is 4.23. The fourth-order valence-corrected chi connectivity index (χ4v) is 1.92. The SMILES string of the molecule is CC(OCCSc1ccccc1)C(C)(C)C. The quantitative estimate of drug-likeness (QED) is 0.561. The zero-order chi connectivity index (χ0) is 12.0. The van der Waals surface area contributed by atoms with Gasteiger partial charge in [0.1, 0.15) is 0 Å². The van der Waals surface area contributed by atoms with Crippen LogP contribution in [0.5, 0.6) is 0 Å². The van der Waals surface area contributed by atoms with Gasteiger partial charge >= 0.3 is 0 Å². The summed E-state index contributed by atoms with van der Waals surface area (Å²) in [4.78, 5) is 1.31. The number of thioether (sulfide) groups is 1. The van der Waals surface area contributed by atoms with Crippen LogP contribution in [0, 0.1) is 5.41 Å². The second-order valence-electron chi connectivity index (χ2n) is 5.04. The van der Waals surface area contributed by atoms with E-state index in [0.717, 1.165) is 12.4 Å². The molecule has 0 fully saturated rings. The monoisotopic (exact) mass is 238 g/mol. The maximum Gasteiger partial charge on any atom is 0.0595 e. The highest BCUT2D eigenvalue weighted by Crippen LogP contribution is 2.22. The van der Waals surface area contributed by atoms with Crippen molar-refractivity contribution in [2.75, 3.05) is 12.4 Å². The van der Waals surface area contributed by atoms with Gasteiger partial charge in [-0.15, -0.1) is 11.8 Å². The fraction of sp³-hybridized carbons (Fsp3) is 0.571. The van der Waals surface area contributed by atoms with Gasteiger partial charge in [-0.3, -0.25) is 0 Å². The van der Waals surface area contributed by atoms with E-state index in [0.29, 0.717) is 6.10 Å². The Bertz CT molecular complexity index is 289. The Hall–Kier alpha value is -0.470. The van der Waals surface area contributed by atoms with Gasteiger partial charge < -0.3 is 4.74 Å². The summed E-state index contributed by atoms with van der Waals surface area (Å²) in [5.41, 5.74) is 0.234. The highest BCUT2D eigenvalue weighted by Gasteiger charge is 2.19. The van der Waals surface area contributed by atoms with E-state index in [1.54, 1.807) is 0 Å².